The number of hydrogen-bond donors (Lipinski definition) is 1. The minimum Gasteiger partial charge on any atom is -0.465 e. The molecule has 0 heterocycles. The molecule has 0 aliphatic heterocycles. The lowest BCUT2D eigenvalue weighted by molar-refractivity contribution is -0.117. The van der Waals surface area contributed by atoms with E-state index in [-0.39, 0.29) is 36.1 Å². The Labute approximate surface area is 163 Å². The summed E-state index contributed by atoms with van der Waals surface area (Å²) in [5, 5.41) is 2.67. The van der Waals surface area contributed by atoms with E-state index in [4.69, 9.17) is 4.74 Å². The van der Waals surface area contributed by atoms with Gasteiger partial charge < -0.3 is 15.0 Å². The van der Waals surface area contributed by atoms with Crippen LogP contribution in [0.5, 0.6) is 0 Å². The average Bonchev–Trinajstić information content (AvgIpc) is 2.68. The predicted octanol–water partition coefficient (Wildman–Crippen LogP) is 3.06. The number of anilines is 2. The van der Waals surface area contributed by atoms with Crippen LogP contribution in [0.1, 0.15) is 41.0 Å². The van der Waals surface area contributed by atoms with Crippen molar-refractivity contribution in [3.8, 4) is 0 Å². The molecule has 1 N–H and O–H groups in total. The fraction of sp³-hybridized carbons (Fsp3) is 0.238. The molecule has 0 fully saturated rings. The van der Waals surface area contributed by atoms with Crippen molar-refractivity contribution in [2.45, 2.75) is 20.3 Å². The molecule has 0 aromatic heterocycles. The Bertz CT molecular complexity index is 890. The van der Waals surface area contributed by atoms with E-state index in [2.05, 4.69) is 5.32 Å². The highest BCUT2D eigenvalue weighted by molar-refractivity contribution is 6.02. The van der Waals surface area contributed by atoms with Crippen molar-refractivity contribution in [1.29, 1.82) is 0 Å². The van der Waals surface area contributed by atoms with Crippen molar-refractivity contribution in [1.82, 2.24) is 0 Å². The van der Waals surface area contributed by atoms with E-state index in [1.165, 1.54) is 25.9 Å². The zero-order valence-electron chi connectivity index (χ0n) is 16.0. The largest absolute Gasteiger partial charge is 0.465 e. The summed E-state index contributed by atoms with van der Waals surface area (Å²) in [7, 11) is 1.27. The number of amides is 2. The first-order valence-electron chi connectivity index (χ1n) is 8.69. The summed E-state index contributed by atoms with van der Waals surface area (Å²) in [6.07, 6.45) is 0.0313. The molecule has 2 aromatic rings. The molecule has 2 aromatic carbocycles. The molecule has 0 aliphatic carbocycles. The zero-order chi connectivity index (χ0) is 20.7. The van der Waals surface area contributed by atoms with Gasteiger partial charge in [-0.2, -0.15) is 0 Å². The number of ketones is 1. The third-order valence-electron chi connectivity index (χ3n) is 4.13. The van der Waals surface area contributed by atoms with Crippen LogP contribution in [0, 0.1) is 0 Å². The summed E-state index contributed by atoms with van der Waals surface area (Å²) in [5.41, 5.74) is 1.74. The number of nitrogens with one attached hydrogen (secondary N) is 1. The highest BCUT2D eigenvalue weighted by Crippen LogP contribution is 2.18. The van der Waals surface area contributed by atoms with E-state index in [0.29, 0.717) is 16.9 Å². The van der Waals surface area contributed by atoms with Gasteiger partial charge in [0.15, 0.2) is 5.78 Å². The summed E-state index contributed by atoms with van der Waals surface area (Å²) in [4.78, 5) is 48.9. The lowest BCUT2D eigenvalue weighted by atomic mass is 10.1. The monoisotopic (exact) mass is 382 g/mol. The Hall–Kier alpha value is -3.48. The second-order valence-corrected chi connectivity index (χ2v) is 6.11. The van der Waals surface area contributed by atoms with E-state index in [1.54, 1.807) is 48.5 Å². The van der Waals surface area contributed by atoms with Crippen LogP contribution in [0.3, 0.4) is 0 Å². The molecule has 28 heavy (non-hydrogen) atoms. The van der Waals surface area contributed by atoms with Crippen molar-refractivity contribution in [3.63, 3.8) is 0 Å². The van der Waals surface area contributed by atoms with Gasteiger partial charge >= 0.3 is 5.97 Å². The molecular formula is C21H22N2O5. The van der Waals surface area contributed by atoms with E-state index in [9.17, 15) is 19.2 Å². The molecule has 2 rings (SSSR count). The Morgan fingerprint density at radius 3 is 2.18 bits per heavy atom. The van der Waals surface area contributed by atoms with Gasteiger partial charge in [0.25, 0.3) is 0 Å². The number of rotatable bonds is 7. The topological polar surface area (TPSA) is 92.8 Å². The Balaban J connectivity index is 2.06. The molecule has 0 bridgehead atoms. The minimum atomic E-state index is -0.549. The first kappa shape index (κ1) is 20.8. The molecule has 7 heteroatoms. The van der Waals surface area contributed by atoms with Crippen LogP contribution in [0.4, 0.5) is 11.4 Å². The molecule has 7 nitrogen and oxygen atoms in total. The first-order chi connectivity index (χ1) is 13.3. The van der Waals surface area contributed by atoms with Gasteiger partial charge in [0, 0.05) is 31.1 Å². The van der Waals surface area contributed by atoms with Gasteiger partial charge in [-0.3, -0.25) is 14.4 Å². The number of esters is 1. The molecule has 0 atom stereocenters. The Morgan fingerprint density at radius 2 is 1.61 bits per heavy atom. The maximum Gasteiger partial charge on any atom is 0.339 e. The van der Waals surface area contributed by atoms with Crippen LogP contribution in [-0.4, -0.2) is 37.2 Å². The molecule has 0 saturated carbocycles. The molecule has 0 aliphatic rings. The summed E-state index contributed by atoms with van der Waals surface area (Å²) < 4.78 is 4.71. The van der Waals surface area contributed by atoms with Crippen molar-refractivity contribution < 1.29 is 23.9 Å². The Morgan fingerprint density at radius 1 is 0.964 bits per heavy atom. The van der Waals surface area contributed by atoms with Gasteiger partial charge in [0.1, 0.15) is 0 Å². The summed E-state index contributed by atoms with van der Waals surface area (Å²) >= 11 is 0. The fourth-order valence-corrected chi connectivity index (χ4v) is 2.65. The lowest BCUT2D eigenvalue weighted by Crippen LogP contribution is -2.32. The van der Waals surface area contributed by atoms with Gasteiger partial charge in [-0.25, -0.2) is 4.79 Å². The van der Waals surface area contributed by atoms with Gasteiger partial charge in [-0.1, -0.05) is 12.1 Å². The van der Waals surface area contributed by atoms with Gasteiger partial charge in [0.2, 0.25) is 11.8 Å². The number of hydrogen-bond acceptors (Lipinski definition) is 5. The number of benzene rings is 2. The Kier molecular flexibility index (Phi) is 7.03. The highest BCUT2D eigenvalue weighted by atomic mass is 16.5. The quantitative estimate of drug-likeness (QED) is 0.587. The number of para-hydroxylation sites is 1. The molecular weight excluding hydrogens is 360 g/mol. The molecule has 0 saturated heterocycles. The van der Waals surface area contributed by atoms with Crippen LogP contribution in [0.2, 0.25) is 0 Å². The van der Waals surface area contributed by atoms with E-state index >= 15 is 0 Å². The van der Waals surface area contributed by atoms with E-state index in [1.807, 2.05) is 0 Å². The predicted molar refractivity (Wildman–Crippen MR) is 106 cm³/mol. The van der Waals surface area contributed by atoms with Crippen LogP contribution in [0.25, 0.3) is 0 Å². The van der Waals surface area contributed by atoms with E-state index in [0.717, 1.165) is 0 Å². The zero-order valence-corrected chi connectivity index (χ0v) is 16.0. The fourth-order valence-electron chi connectivity index (χ4n) is 2.65. The molecule has 146 valence electrons. The second kappa shape index (κ2) is 9.45. The molecule has 0 radical (unpaired) electrons. The summed E-state index contributed by atoms with van der Waals surface area (Å²) in [6, 6.07) is 13.1. The number of nitrogens with zero attached hydrogens (tertiary/aromatic N) is 1. The molecule has 2 amide bonds. The average molecular weight is 382 g/mol. The van der Waals surface area contributed by atoms with Crippen molar-refractivity contribution >= 4 is 34.9 Å². The third-order valence-corrected chi connectivity index (χ3v) is 4.13. The minimum absolute atomic E-state index is 0.0313. The van der Waals surface area contributed by atoms with Crippen molar-refractivity contribution in [2.24, 2.45) is 0 Å². The van der Waals surface area contributed by atoms with Crippen LogP contribution < -0.4 is 10.2 Å². The third kappa shape index (κ3) is 5.26. The smallest absolute Gasteiger partial charge is 0.339 e. The number of carbonyl (C=O) groups is 4. The number of carbonyl (C=O) groups excluding carboxylic acids is 4. The maximum atomic E-state index is 12.3. The van der Waals surface area contributed by atoms with Crippen molar-refractivity contribution in [2.75, 3.05) is 23.9 Å². The molecule has 0 unspecified atom stereocenters. The van der Waals surface area contributed by atoms with E-state index < -0.39 is 5.97 Å². The van der Waals surface area contributed by atoms with Crippen molar-refractivity contribution in [3.05, 3.63) is 59.7 Å². The highest BCUT2D eigenvalue weighted by Gasteiger charge is 2.16. The number of ether oxygens (including phenoxy) is 1. The molecule has 0 spiro atoms. The van der Waals surface area contributed by atoms with Gasteiger partial charge in [0.05, 0.1) is 18.4 Å². The van der Waals surface area contributed by atoms with Gasteiger partial charge in [-0.15, -0.1) is 0 Å². The maximum absolute atomic E-state index is 12.3. The summed E-state index contributed by atoms with van der Waals surface area (Å²) in [6.45, 7) is 3.03. The van der Waals surface area contributed by atoms with Crippen LogP contribution in [-0.2, 0) is 14.3 Å². The number of methoxy groups -OCH3 is 1. The standard InChI is InChI=1S/C21H22N2O5/c1-14(24)16-8-10-17(11-9-16)23(15(2)25)13-12-20(26)22-19-7-5-4-6-18(19)21(27)28-3/h4-11H,12-13H2,1-3H3,(H,22,26). The van der Waals surface area contributed by atoms with Crippen LogP contribution in [0.15, 0.2) is 48.5 Å². The number of Topliss-reactive ketones (excluding diaryl/α,β-unsaturated/α-hetero) is 1. The van der Waals surface area contributed by atoms with Gasteiger partial charge in [-0.05, 0) is 43.3 Å². The lowest BCUT2D eigenvalue weighted by Gasteiger charge is -2.21. The normalized spacial score (nSPS) is 10.1. The first-order valence-corrected chi connectivity index (χ1v) is 8.69. The SMILES string of the molecule is COC(=O)c1ccccc1NC(=O)CCN(C(C)=O)c1ccc(C(C)=O)cc1. The second-order valence-electron chi connectivity index (χ2n) is 6.11. The van der Waals surface area contributed by atoms with Crippen LogP contribution >= 0.6 is 0 Å². The summed E-state index contributed by atoms with van der Waals surface area (Å²) in [5.74, 6) is -1.18.